The standard InChI is InChI=1S/C18H21NO6S2/c1-4-24-16(20)18(2,27(3,22)23)10-14-11-19(17(21)25-14)13-6-5-12-7-8-26-15(12)9-13/h5-9,14H,4,10-11H2,1-3H3. The molecule has 0 radical (unpaired) electrons. The van der Waals surface area contributed by atoms with Gasteiger partial charge in [0.15, 0.2) is 14.6 Å². The Balaban J connectivity index is 1.82. The minimum atomic E-state index is -3.78. The van der Waals surface area contributed by atoms with E-state index >= 15 is 0 Å². The van der Waals surface area contributed by atoms with Gasteiger partial charge in [-0.3, -0.25) is 9.69 Å². The van der Waals surface area contributed by atoms with E-state index in [9.17, 15) is 18.0 Å². The van der Waals surface area contributed by atoms with Gasteiger partial charge in [-0.15, -0.1) is 11.3 Å². The molecule has 2 aromatic rings. The first-order chi connectivity index (χ1) is 12.7. The summed E-state index contributed by atoms with van der Waals surface area (Å²) >= 11 is 1.57. The zero-order valence-electron chi connectivity index (χ0n) is 15.3. The lowest BCUT2D eigenvalue weighted by Crippen LogP contribution is -2.47. The lowest BCUT2D eigenvalue weighted by molar-refractivity contribution is -0.146. The number of carbonyl (C=O) groups excluding carboxylic acids is 2. The highest BCUT2D eigenvalue weighted by atomic mass is 32.2. The SMILES string of the molecule is CCOC(=O)C(C)(CC1CN(c2ccc3ccsc3c2)C(=O)O1)S(C)(=O)=O. The molecule has 1 aromatic carbocycles. The Bertz CT molecular complexity index is 983. The van der Waals surface area contributed by atoms with Crippen molar-refractivity contribution >= 4 is 49.0 Å². The number of sulfone groups is 1. The van der Waals surface area contributed by atoms with Crippen LogP contribution in [0.1, 0.15) is 20.3 Å². The summed E-state index contributed by atoms with van der Waals surface area (Å²) in [6.07, 6.45) is -0.464. The number of amides is 1. The molecule has 0 saturated carbocycles. The van der Waals surface area contributed by atoms with Gasteiger partial charge in [0, 0.05) is 23.1 Å². The fraction of sp³-hybridized carbons (Fsp3) is 0.444. The third-order valence-electron chi connectivity index (χ3n) is 4.77. The molecule has 9 heteroatoms. The highest BCUT2D eigenvalue weighted by Gasteiger charge is 2.49. The van der Waals surface area contributed by atoms with Crippen LogP contribution in [-0.2, 0) is 24.1 Å². The number of benzene rings is 1. The van der Waals surface area contributed by atoms with Crippen LogP contribution in [0.25, 0.3) is 10.1 Å². The second-order valence-electron chi connectivity index (χ2n) is 6.69. The normalized spacial score (nSPS) is 19.7. The summed E-state index contributed by atoms with van der Waals surface area (Å²) in [5.74, 6) is -0.831. The minimum absolute atomic E-state index is 0.0708. The van der Waals surface area contributed by atoms with Crippen LogP contribution < -0.4 is 4.90 Å². The highest BCUT2D eigenvalue weighted by Crippen LogP contribution is 2.32. The molecule has 0 spiro atoms. The summed E-state index contributed by atoms with van der Waals surface area (Å²) in [4.78, 5) is 26.1. The Morgan fingerprint density at radius 1 is 1.41 bits per heavy atom. The number of nitrogens with zero attached hydrogens (tertiary/aromatic N) is 1. The maximum atomic E-state index is 12.3. The first-order valence-corrected chi connectivity index (χ1v) is 11.2. The van der Waals surface area contributed by atoms with E-state index in [1.165, 1.54) is 11.8 Å². The van der Waals surface area contributed by atoms with Gasteiger partial charge < -0.3 is 9.47 Å². The fourth-order valence-corrected chi connectivity index (χ4v) is 4.73. The van der Waals surface area contributed by atoms with E-state index in [-0.39, 0.29) is 19.6 Å². The maximum absolute atomic E-state index is 12.3. The van der Waals surface area contributed by atoms with Crippen LogP contribution >= 0.6 is 11.3 Å². The van der Waals surface area contributed by atoms with Gasteiger partial charge in [0.1, 0.15) is 6.10 Å². The summed E-state index contributed by atoms with van der Waals surface area (Å²) in [5, 5.41) is 3.05. The Hall–Kier alpha value is -2.13. The van der Waals surface area contributed by atoms with Crippen molar-refractivity contribution in [3.8, 4) is 0 Å². The molecule has 7 nitrogen and oxygen atoms in total. The molecule has 27 heavy (non-hydrogen) atoms. The molecule has 3 rings (SSSR count). The smallest absolute Gasteiger partial charge is 0.414 e. The summed E-state index contributed by atoms with van der Waals surface area (Å²) in [5.41, 5.74) is 0.676. The molecule has 1 fully saturated rings. The van der Waals surface area contributed by atoms with Crippen molar-refractivity contribution in [2.24, 2.45) is 0 Å². The van der Waals surface area contributed by atoms with Crippen molar-refractivity contribution in [1.82, 2.24) is 0 Å². The van der Waals surface area contributed by atoms with Crippen LogP contribution in [0.3, 0.4) is 0 Å². The molecular weight excluding hydrogens is 390 g/mol. The van der Waals surface area contributed by atoms with E-state index < -0.39 is 32.8 Å². The van der Waals surface area contributed by atoms with E-state index in [0.717, 1.165) is 16.3 Å². The lowest BCUT2D eigenvalue weighted by atomic mass is 10.0. The largest absolute Gasteiger partial charge is 0.465 e. The maximum Gasteiger partial charge on any atom is 0.414 e. The molecular formula is C18H21NO6S2. The van der Waals surface area contributed by atoms with E-state index in [4.69, 9.17) is 9.47 Å². The zero-order valence-corrected chi connectivity index (χ0v) is 16.9. The Labute approximate surface area is 161 Å². The lowest BCUT2D eigenvalue weighted by Gasteiger charge is -2.27. The second kappa shape index (κ2) is 7.12. The van der Waals surface area contributed by atoms with Gasteiger partial charge in [-0.05, 0) is 42.8 Å². The highest BCUT2D eigenvalue weighted by molar-refractivity contribution is 7.92. The molecule has 0 aliphatic carbocycles. The van der Waals surface area contributed by atoms with Crippen LogP contribution in [0.2, 0.25) is 0 Å². The number of anilines is 1. The predicted molar refractivity (Wildman–Crippen MR) is 104 cm³/mol. The molecule has 1 amide bonds. The third-order valence-corrected chi connectivity index (χ3v) is 7.62. The molecule has 1 aliphatic rings. The summed E-state index contributed by atoms with van der Waals surface area (Å²) < 4.78 is 34.1. The third kappa shape index (κ3) is 3.66. The quantitative estimate of drug-likeness (QED) is 0.679. The number of carbonyl (C=O) groups is 2. The molecule has 2 atom stereocenters. The number of hydrogen-bond acceptors (Lipinski definition) is 7. The van der Waals surface area contributed by atoms with Crippen LogP contribution in [0.5, 0.6) is 0 Å². The molecule has 0 bridgehead atoms. The molecule has 1 saturated heterocycles. The van der Waals surface area contributed by atoms with E-state index in [0.29, 0.717) is 5.69 Å². The van der Waals surface area contributed by atoms with E-state index in [2.05, 4.69) is 0 Å². The molecule has 146 valence electrons. The summed E-state index contributed by atoms with van der Waals surface area (Å²) in [6.45, 7) is 3.16. The number of cyclic esters (lactones) is 1. The second-order valence-corrected chi connectivity index (χ2v) is 10.1. The Kier molecular flexibility index (Phi) is 5.18. The predicted octanol–water partition coefficient (Wildman–Crippen LogP) is 2.98. The Morgan fingerprint density at radius 3 is 2.81 bits per heavy atom. The monoisotopic (exact) mass is 411 g/mol. The number of hydrogen-bond donors (Lipinski definition) is 0. The topological polar surface area (TPSA) is 90.0 Å². The Morgan fingerprint density at radius 2 is 2.15 bits per heavy atom. The molecule has 1 aromatic heterocycles. The van der Waals surface area contributed by atoms with Gasteiger partial charge in [0.25, 0.3) is 0 Å². The van der Waals surface area contributed by atoms with Gasteiger partial charge in [0.05, 0.1) is 13.2 Å². The number of fused-ring (bicyclic) bond motifs is 1. The minimum Gasteiger partial charge on any atom is -0.465 e. The fourth-order valence-electron chi connectivity index (χ4n) is 3.05. The first-order valence-electron chi connectivity index (χ1n) is 8.48. The van der Waals surface area contributed by atoms with Gasteiger partial charge in [-0.2, -0.15) is 0 Å². The van der Waals surface area contributed by atoms with Crippen molar-refractivity contribution in [1.29, 1.82) is 0 Å². The summed E-state index contributed by atoms with van der Waals surface area (Å²) in [6, 6.07) is 7.62. The van der Waals surface area contributed by atoms with Crippen LogP contribution in [0, 0.1) is 0 Å². The van der Waals surface area contributed by atoms with Gasteiger partial charge in [-0.1, -0.05) is 6.07 Å². The molecule has 2 heterocycles. The number of esters is 1. The van der Waals surface area contributed by atoms with Crippen LogP contribution in [-0.4, -0.2) is 50.7 Å². The number of ether oxygens (including phenoxy) is 2. The van der Waals surface area contributed by atoms with Crippen LogP contribution in [0.15, 0.2) is 29.6 Å². The first kappa shape index (κ1) is 19.6. The average Bonchev–Trinajstić information content (AvgIpc) is 3.19. The van der Waals surface area contributed by atoms with Gasteiger partial charge in [-0.25, -0.2) is 13.2 Å². The molecule has 0 N–H and O–H groups in total. The van der Waals surface area contributed by atoms with Crippen molar-refractivity contribution in [3.63, 3.8) is 0 Å². The van der Waals surface area contributed by atoms with Crippen molar-refractivity contribution < 1.29 is 27.5 Å². The molecule has 1 aliphatic heterocycles. The van der Waals surface area contributed by atoms with E-state index in [1.54, 1.807) is 18.3 Å². The average molecular weight is 412 g/mol. The zero-order chi connectivity index (χ0) is 19.8. The van der Waals surface area contributed by atoms with Crippen molar-refractivity contribution in [3.05, 3.63) is 29.6 Å². The molecule has 2 unspecified atom stereocenters. The van der Waals surface area contributed by atoms with Gasteiger partial charge in [0.2, 0.25) is 0 Å². The number of rotatable bonds is 6. The van der Waals surface area contributed by atoms with Gasteiger partial charge >= 0.3 is 12.1 Å². The van der Waals surface area contributed by atoms with Crippen molar-refractivity contribution in [2.75, 3.05) is 24.3 Å². The van der Waals surface area contributed by atoms with Crippen molar-refractivity contribution in [2.45, 2.75) is 31.1 Å². The van der Waals surface area contributed by atoms with Crippen LogP contribution in [0.4, 0.5) is 10.5 Å². The summed E-state index contributed by atoms with van der Waals surface area (Å²) in [7, 11) is -3.78. The number of thiophene rings is 1. The van der Waals surface area contributed by atoms with E-state index in [1.807, 2.05) is 29.6 Å².